The van der Waals surface area contributed by atoms with Crippen molar-refractivity contribution in [3.05, 3.63) is 48.2 Å². The summed E-state index contributed by atoms with van der Waals surface area (Å²) >= 11 is 1.48. The van der Waals surface area contributed by atoms with Crippen LogP contribution in [0.3, 0.4) is 0 Å². The first-order valence-electron chi connectivity index (χ1n) is 11.5. The molecule has 0 bridgehead atoms. The standard InChI is InChI=1S/C25H26N4O5S/c1-33-23-9-7-19-24(28-23)15(10-11-26-19)2-4-17(30)5-6-18-13-29(25(32)34-18)16-3-8-21-20(12-16)27-22(31)14-35-21/h3,7-12,17-18,30H,2,4-6,13-14H2,1H3,(H,27,31)/t17-,18+/m0/s1. The van der Waals surface area contributed by atoms with E-state index < -0.39 is 12.2 Å². The average Bonchev–Trinajstić information content (AvgIpc) is 3.25. The van der Waals surface area contributed by atoms with Gasteiger partial charge in [-0.15, -0.1) is 11.8 Å². The molecule has 9 nitrogen and oxygen atoms in total. The van der Waals surface area contributed by atoms with Gasteiger partial charge in [0.25, 0.3) is 0 Å². The number of aryl methyl sites for hydroxylation is 1. The number of carbonyl (C=O) groups is 2. The minimum atomic E-state index is -0.535. The van der Waals surface area contributed by atoms with Gasteiger partial charge >= 0.3 is 6.09 Å². The monoisotopic (exact) mass is 494 g/mol. The van der Waals surface area contributed by atoms with Crippen LogP contribution in [0.25, 0.3) is 11.0 Å². The summed E-state index contributed by atoms with van der Waals surface area (Å²) < 4.78 is 10.8. The molecular weight excluding hydrogens is 468 g/mol. The molecule has 5 rings (SSSR count). The molecule has 0 saturated carbocycles. The Labute approximate surface area is 206 Å². The maximum Gasteiger partial charge on any atom is 0.414 e. The van der Waals surface area contributed by atoms with E-state index in [1.165, 1.54) is 11.8 Å². The van der Waals surface area contributed by atoms with Gasteiger partial charge in [-0.2, -0.15) is 0 Å². The third-order valence-corrected chi connectivity index (χ3v) is 7.28. The number of hydrogen-bond donors (Lipinski definition) is 2. The van der Waals surface area contributed by atoms with Gasteiger partial charge in [-0.25, -0.2) is 9.78 Å². The molecule has 2 N–H and O–H groups in total. The van der Waals surface area contributed by atoms with Gasteiger partial charge in [-0.1, -0.05) is 0 Å². The van der Waals surface area contributed by atoms with E-state index >= 15 is 0 Å². The van der Waals surface area contributed by atoms with Gasteiger partial charge in [0.05, 0.1) is 42.2 Å². The number of thioether (sulfide) groups is 1. The predicted molar refractivity (Wildman–Crippen MR) is 133 cm³/mol. The molecular formula is C25H26N4O5S. The van der Waals surface area contributed by atoms with Crippen LogP contribution in [-0.4, -0.2) is 58.7 Å². The fourth-order valence-electron chi connectivity index (χ4n) is 4.34. The molecule has 1 saturated heterocycles. The van der Waals surface area contributed by atoms with Gasteiger partial charge in [0.1, 0.15) is 6.10 Å². The molecule has 1 fully saturated rings. The molecule has 1 aromatic carbocycles. The van der Waals surface area contributed by atoms with Crippen LogP contribution in [0.5, 0.6) is 5.88 Å². The van der Waals surface area contributed by atoms with Crippen molar-refractivity contribution in [3.63, 3.8) is 0 Å². The first kappa shape index (κ1) is 23.4. The molecule has 2 amide bonds. The molecule has 4 heterocycles. The number of aromatic nitrogens is 2. The van der Waals surface area contributed by atoms with Crippen molar-refractivity contribution in [2.24, 2.45) is 0 Å². The molecule has 35 heavy (non-hydrogen) atoms. The average molecular weight is 495 g/mol. The van der Waals surface area contributed by atoms with E-state index in [9.17, 15) is 14.7 Å². The Morgan fingerprint density at radius 3 is 3.00 bits per heavy atom. The zero-order valence-electron chi connectivity index (χ0n) is 19.3. The molecule has 3 aromatic rings. The molecule has 182 valence electrons. The maximum atomic E-state index is 12.5. The zero-order valence-corrected chi connectivity index (χ0v) is 20.1. The normalized spacial score (nSPS) is 18.2. The van der Waals surface area contributed by atoms with Crippen LogP contribution < -0.4 is 15.0 Å². The second kappa shape index (κ2) is 10.1. The lowest BCUT2D eigenvalue weighted by molar-refractivity contribution is -0.113. The summed E-state index contributed by atoms with van der Waals surface area (Å²) in [5, 5.41) is 13.4. The van der Waals surface area contributed by atoms with Crippen LogP contribution in [-0.2, 0) is 16.0 Å². The highest BCUT2D eigenvalue weighted by Gasteiger charge is 2.33. The lowest BCUT2D eigenvalue weighted by Gasteiger charge is -2.20. The Morgan fingerprint density at radius 1 is 1.26 bits per heavy atom. The number of methoxy groups -OCH3 is 1. The summed E-state index contributed by atoms with van der Waals surface area (Å²) in [4.78, 5) is 35.6. The number of anilines is 2. The summed E-state index contributed by atoms with van der Waals surface area (Å²) in [5.74, 6) is 0.870. The minimum Gasteiger partial charge on any atom is -0.481 e. The van der Waals surface area contributed by atoms with Crippen molar-refractivity contribution >= 4 is 46.2 Å². The summed E-state index contributed by atoms with van der Waals surface area (Å²) in [6.45, 7) is 0.407. The molecule has 2 aliphatic heterocycles. The smallest absolute Gasteiger partial charge is 0.414 e. The number of nitrogens with zero attached hydrogens (tertiary/aromatic N) is 3. The number of amides is 2. The molecule has 10 heteroatoms. The highest BCUT2D eigenvalue weighted by molar-refractivity contribution is 8.00. The summed E-state index contributed by atoms with van der Waals surface area (Å²) in [6.07, 6.45) is 2.78. The molecule has 0 spiro atoms. The fourth-order valence-corrected chi connectivity index (χ4v) is 5.13. The van der Waals surface area contributed by atoms with E-state index in [1.54, 1.807) is 30.3 Å². The molecule has 2 aromatic heterocycles. The largest absolute Gasteiger partial charge is 0.481 e. The fraction of sp³-hybridized carbons (Fsp3) is 0.360. The van der Waals surface area contributed by atoms with E-state index in [2.05, 4.69) is 15.3 Å². The summed E-state index contributed by atoms with van der Waals surface area (Å²) in [5.41, 5.74) is 3.97. The number of aliphatic hydroxyl groups excluding tert-OH is 1. The first-order chi connectivity index (χ1) is 17.0. The minimum absolute atomic E-state index is 0.0507. The lowest BCUT2D eigenvalue weighted by Crippen LogP contribution is -2.25. The number of carbonyl (C=O) groups excluding carboxylic acids is 2. The summed E-state index contributed by atoms with van der Waals surface area (Å²) in [6, 6.07) is 11.1. The van der Waals surface area contributed by atoms with E-state index in [0.29, 0.717) is 55.2 Å². The van der Waals surface area contributed by atoms with Gasteiger partial charge in [0, 0.05) is 22.8 Å². The summed E-state index contributed by atoms with van der Waals surface area (Å²) in [7, 11) is 1.58. The van der Waals surface area contributed by atoms with Gasteiger partial charge in [-0.3, -0.25) is 14.7 Å². The Balaban J connectivity index is 1.15. The lowest BCUT2D eigenvalue weighted by atomic mass is 10.0. The first-order valence-corrected chi connectivity index (χ1v) is 12.5. The Kier molecular flexibility index (Phi) is 6.74. The van der Waals surface area contributed by atoms with Crippen LogP contribution in [0.15, 0.2) is 47.5 Å². The van der Waals surface area contributed by atoms with Crippen LogP contribution in [0.2, 0.25) is 0 Å². The van der Waals surface area contributed by atoms with Crippen molar-refractivity contribution in [1.29, 1.82) is 0 Å². The number of cyclic esters (lactones) is 1. The van der Waals surface area contributed by atoms with E-state index in [1.807, 2.05) is 24.3 Å². The highest BCUT2D eigenvalue weighted by Crippen LogP contribution is 2.35. The van der Waals surface area contributed by atoms with E-state index in [0.717, 1.165) is 21.5 Å². The predicted octanol–water partition coefficient (Wildman–Crippen LogP) is 3.78. The third kappa shape index (κ3) is 5.18. The second-order valence-corrected chi connectivity index (χ2v) is 9.61. The van der Waals surface area contributed by atoms with Crippen molar-refractivity contribution in [2.75, 3.05) is 29.6 Å². The van der Waals surface area contributed by atoms with E-state index in [-0.39, 0.29) is 12.0 Å². The van der Waals surface area contributed by atoms with Gasteiger partial charge in [0.15, 0.2) is 0 Å². The van der Waals surface area contributed by atoms with Crippen molar-refractivity contribution in [1.82, 2.24) is 9.97 Å². The number of benzene rings is 1. The molecule has 0 unspecified atom stereocenters. The number of ether oxygens (including phenoxy) is 2. The molecule has 2 aliphatic rings. The molecule has 0 radical (unpaired) electrons. The third-order valence-electron chi connectivity index (χ3n) is 6.20. The number of nitrogens with one attached hydrogen (secondary N) is 1. The van der Waals surface area contributed by atoms with Gasteiger partial charge < -0.3 is 19.9 Å². The van der Waals surface area contributed by atoms with Crippen LogP contribution in [0, 0.1) is 0 Å². The van der Waals surface area contributed by atoms with Crippen molar-refractivity contribution in [3.8, 4) is 5.88 Å². The quantitative estimate of drug-likeness (QED) is 0.486. The Morgan fingerprint density at radius 2 is 2.14 bits per heavy atom. The second-order valence-electron chi connectivity index (χ2n) is 8.59. The Bertz CT molecular complexity index is 1270. The number of pyridine rings is 2. The van der Waals surface area contributed by atoms with Crippen molar-refractivity contribution < 1.29 is 24.2 Å². The van der Waals surface area contributed by atoms with Gasteiger partial charge in [0.2, 0.25) is 11.8 Å². The SMILES string of the molecule is COc1ccc2nccc(CC[C@H](O)CC[C@@H]3CN(c4ccc5c(c4)NC(=O)CS5)C(=O)O3)c2n1. The molecule has 0 aliphatic carbocycles. The van der Waals surface area contributed by atoms with Crippen molar-refractivity contribution in [2.45, 2.75) is 42.8 Å². The highest BCUT2D eigenvalue weighted by atomic mass is 32.2. The topological polar surface area (TPSA) is 114 Å². The molecule has 2 atom stereocenters. The Hall–Kier alpha value is -3.37. The number of rotatable bonds is 8. The van der Waals surface area contributed by atoms with Crippen LogP contribution >= 0.6 is 11.8 Å². The zero-order chi connectivity index (χ0) is 24.4. The number of hydrogen-bond acceptors (Lipinski definition) is 8. The number of aliphatic hydroxyl groups is 1. The van der Waals surface area contributed by atoms with Crippen LogP contribution in [0.1, 0.15) is 24.8 Å². The van der Waals surface area contributed by atoms with E-state index in [4.69, 9.17) is 9.47 Å². The van der Waals surface area contributed by atoms with Crippen LogP contribution in [0.4, 0.5) is 16.2 Å². The number of fused-ring (bicyclic) bond motifs is 2. The maximum absolute atomic E-state index is 12.5. The van der Waals surface area contributed by atoms with Gasteiger partial charge in [-0.05, 0) is 61.6 Å².